The minimum Gasteiger partial charge on any atom is -0.319 e. The van der Waals surface area contributed by atoms with E-state index in [1.54, 1.807) is 0 Å². The number of hydrogen-bond donors (Lipinski definition) is 1. The van der Waals surface area contributed by atoms with Crippen molar-refractivity contribution in [2.45, 2.75) is 45.2 Å². The maximum atomic E-state index is 8.56. The molecule has 3 nitrogen and oxygen atoms in total. The molecule has 1 atom stereocenters. The molecule has 0 radical (unpaired) electrons. The van der Waals surface area contributed by atoms with Crippen LogP contribution < -0.4 is 5.32 Å². The van der Waals surface area contributed by atoms with Crippen LogP contribution in [0.15, 0.2) is 0 Å². The second-order valence-corrected chi connectivity index (χ2v) is 4.04. The van der Waals surface area contributed by atoms with Crippen molar-refractivity contribution >= 4 is 0 Å². The Bertz CT molecular complexity index is 183. The smallest absolute Gasteiger partial charge is 0.176 e. The lowest BCUT2D eigenvalue weighted by atomic mass is 10.1. The molecule has 1 aliphatic rings. The lowest BCUT2D eigenvalue weighted by Crippen LogP contribution is -2.41. The second kappa shape index (κ2) is 5.08. The Morgan fingerprint density at radius 2 is 2.23 bits per heavy atom. The molecule has 1 N–H and O–H groups in total. The molecule has 0 aromatic rings. The van der Waals surface area contributed by atoms with Crippen molar-refractivity contribution < 1.29 is 0 Å². The van der Waals surface area contributed by atoms with E-state index in [1.165, 1.54) is 19.4 Å². The number of nitrogens with zero attached hydrogens (tertiary/aromatic N) is 2. The summed E-state index contributed by atoms with van der Waals surface area (Å²) in [6.45, 7) is 6.63. The van der Waals surface area contributed by atoms with Crippen LogP contribution in [0, 0.1) is 11.5 Å². The molecule has 1 saturated heterocycles. The summed E-state index contributed by atoms with van der Waals surface area (Å²) in [6.07, 6.45) is 5.69. The zero-order valence-electron chi connectivity index (χ0n) is 8.58. The molecule has 1 rings (SSSR count). The van der Waals surface area contributed by atoms with E-state index < -0.39 is 0 Å². The van der Waals surface area contributed by atoms with E-state index in [0.717, 1.165) is 13.0 Å². The van der Waals surface area contributed by atoms with E-state index in [1.807, 2.05) is 6.19 Å². The van der Waals surface area contributed by atoms with E-state index in [2.05, 4.69) is 24.1 Å². The van der Waals surface area contributed by atoms with E-state index >= 15 is 0 Å². The molecular weight excluding hydrogens is 162 g/mol. The average molecular weight is 181 g/mol. The first-order chi connectivity index (χ1) is 6.24. The molecule has 3 heteroatoms. The van der Waals surface area contributed by atoms with Crippen molar-refractivity contribution in [2.75, 3.05) is 13.1 Å². The fourth-order valence-electron chi connectivity index (χ4n) is 1.85. The molecule has 0 aromatic heterocycles. The van der Waals surface area contributed by atoms with Gasteiger partial charge in [-0.05, 0) is 33.2 Å². The van der Waals surface area contributed by atoms with Gasteiger partial charge < -0.3 is 5.32 Å². The summed E-state index contributed by atoms with van der Waals surface area (Å²) in [5, 5.41) is 11.4. The van der Waals surface area contributed by atoms with E-state index in [9.17, 15) is 0 Å². The number of likely N-dealkylation sites (tertiary alicyclic amines) is 1. The molecule has 0 aliphatic carbocycles. The number of hydrogen-bond acceptors (Lipinski definition) is 3. The number of nitrogens with one attached hydrogen (secondary N) is 1. The van der Waals surface area contributed by atoms with Crippen molar-refractivity contribution in [2.24, 2.45) is 0 Å². The maximum Gasteiger partial charge on any atom is 0.176 e. The largest absolute Gasteiger partial charge is 0.319 e. The van der Waals surface area contributed by atoms with Gasteiger partial charge in [-0.15, -0.1) is 0 Å². The van der Waals surface area contributed by atoms with Gasteiger partial charge in [-0.2, -0.15) is 5.26 Å². The molecule has 1 aliphatic heterocycles. The molecule has 0 saturated carbocycles. The lowest BCUT2D eigenvalue weighted by Gasteiger charge is -2.27. The fourth-order valence-corrected chi connectivity index (χ4v) is 1.85. The van der Waals surface area contributed by atoms with Crippen LogP contribution in [0.1, 0.15) is 33.1 Å². The Morgan fingerprint density at radius 1 is 1.46 bits per heavy atom. The first-order valence-corrected chi connectivity index (χ1v) is 5.12. The van der Waals surface area contributed by atoms with Crippen LogP contribution in [0.5, 0.6) is 0 Å². The Kier molecular flexibility index (Phi) is 4.04. The minimum absolute atomic E-state index is 0.370. The molecule has 1 unspecified atom stereocenters. The Labute approximate surface area is 80.7 Å². The topological polar surface area (TPSA) is 39.1 Å². The third-order valence-corrected chi connectivity index (χ3v) is 2.70. The number of nitriles is 1. The first-order valence-electron chi connectivity index (χ1n) is 5.12. The second-order valence-electron chi connectivity index (χ2n) is 4.04. The third-order valence-electron chi connectivity index (χ3n) is 2.70. The summed E-state index contributed by atoms with van der Waals surface area (Å²) in [5.41, 5.74) is 0. The summed E-state index contributed by atoms with van der Waals surface area (Å²) < 4.78 is 0. The molecule has 13 heavy (non-hydrogen) atoms. The SMILES string of the molecule is CC(C)N1CCCCC(NC#N)C1. The highest BCUT2D eigenvalue weighted by Crippen LogP contribution is 2.12. The molecular formula is C10H19N3. The fraction of sp³-hybridized carbons (Fsp3) is 0.900. The third kappa shape index (κ3) is 3.23. The maximum absolute atomic E-state index is 8.56. The zero-order chi connectivity index (χ0) is 9.68. The van der Waals surface area contributed by atoms with Crippen molar-refractivity contribution in [3.05, 3.63) is 0 Å². The van der Waals surface area contributed by atoms with Gasteiger partial charge in [-0.25, -0.2) is 0 Å². The molecule has 74 valence electrons. The van der Waals surface area contributed by atoms with Crippen LogP contribution in [0.3, 0.4) is 0 Å². The molecule has 1 fully saturated rings. The molecule has 0 amide bonds. The van der Waals surface area contributed by atoms with Gasteiger partial charge in [-0.1, -0.05) is 6.42 Å². The monoisotopic (exact) mass is 181 g/mol. The van der Waals surface area contributed by atoms with Gasteiger partial charge in [0, 0.05) is 18.6 Å². The van der Waals surface area contributed by atoms with Crippen LogP contribution in [-0.4, -0.2) is 30.1 Å². The van der Waals surface area contributed by atoms with Gasteiger partial charge >= 0.3 is 0 Å². The van der Waals surface area contributed by atoms with Gasteiger partial charge in [0.2, 0.25) is 0 Å². The van der Waals surface area contributed by atoms with E-state index in [0.29, 0.717) is 12.1 Å². The predicted octanol–water partition coefficient (Wildman–Crippen LogP) is 1.32. The van der Waals surface area contributed by atoms with Crippen molar-refractivity contribution in [3.63, 3.8) is 0 Å². The standard InChI is InChI=1S/C10H19N3/c1-9(2)13-6-4-3-5-10(7-13)12-8-11/h9-10,12H,3-7H2,1-2H3. The van der Waals surface area contributed by atoms with Crippen molar-refractivity contribution in [1.82, 2.24) is 10.2 Å². The summed E-state index contributed by atoms with van der Waals surface area (Å²) in [4.78, 5) is 2.45. The highest BCUT2D eigenvalue weighted by molar-refractivity contribution is 4.82. The van der Waals surface area contributed by atoms with E-state index in [-0.39, 0.29) is 0 Å². The van der Waals surface area contributed by atoms with Crippen molar-refractivity contribution in [1.29, 1.82) is 5.26 Å². The highest BCUT2D eigenvalue weighted by Gasteiger charge is 2.18. The van der Waals surface area contributed by atoms with Gasteiger partial charge in [-0.3, -0.25) is 4.90 Å². The summed E-state index contributed by atoms with van der Waals surface area (Å²) in [7, 11) is 0. The quantitative estimate of drug-likeness (QED) is 0.516. The predicted molar refractivity (Wildman–Crippen MR) is 53.1 cm³/mol. The van der Waals surface area contributed by atoms with Crippen LogP contribution in [0.4, 0.5) is 0 Å². The average Bonchev–Trinajstić information content (AvgIpc) is 2.30. The lowest BCUT2D eigenvalue weighted by molar-refractivity contribution is 0.216. The number of rotatable bonds is 2. The first kappa shape index (κ1) is 10.3. The van der Waals surface area contributed by atoms with Crippen LogP contribution in [0.25, 0.3) is 0 Å². The molecule has 0 spiro atoms. The summed E-state index contributed by atoms with van der Waals surface area (Å²) in [6, 6.07) is 0.969. The molecule has 0 aromatic carbocycles. The van der Waals surface area contributed by atoms with Gasteiger partial charge in [0.05, 0.1) is 0 Å². The Hall–Kier alpha value is -0.750. The molecule has 0 bridgehead atoms. The Balaban J connectivity index is 2.45. The summed E-state index contributed by atoms with van der Waals surface area (Å²) >= 11 is 0. The molecule has 1 heterocycles. The van der Waals surface area contributed by atoms with Gasteiger partial charge in [0.15, 0.2) is 6.19 Å². The zero-order valence-corrected chi connectivity index (χ0v) is 8.58. The van der Waals surface area contributed by atoms with Crippen LogP contribution in [0.2, 0.25) is 0 Å². The highest BCUT2D eigenvalue weighted by atomic mass is 15.2. The normalized spacial score (nSPS) is 25.2. The van der Waals surface area contributed by atoms with Crippen molar-refractivity contribution in [3.8, 4) is 6.19 Å². The van der Waals surface area contributed by atoms with Crippen LogP contribution in [-0.2, 0) is 0 Å². The minimum atomic E-state index is 0.370. The van der Waals surface area contributed by atoms with Crippen LogP contribution >= 0.6 is 0 Å². The van der Waals surface area contributed by atoms with E-state index in [4.69, 9.17) is 5.26 Å². The van der Waals surface area contributed by atoms with Gasteiger partial charge in [0.1, 0.15) is 0 Å². The summed E-state index contributed by atoms with van der Waals surface area (Å²) in [5.74, 6) is 0. The Morgan fingerprint density at radius 3 is 2.85 bits per heavy atom. The van der Waals surface area contributed by atoms with Gasteiger partial charge in [0.25, 0.3) is 0 Å².